The van der Waals surface area contributed by atoms with E-state index in [0.29, 0.717) is 11.1 Å². The van der Waals surface area contributed by atoms with Gasteiger partial charge in [-0.25, -0.2) is 0 Å². The first-order valence-corrected chi connectivity index (χ1v) is 6.62. The lowest BCUT2D eigenvalue weighted by Crippen LogP contribution is -2.55. The molecule has 0 N–H and O–H groups in total. The quantitative estimate of drug-likeness (QED) is 0.492. The summed E-state index contributed by atoms with van der Waals surface area (Å²) < 4.78 is 82.1. The number of aryl methyl sites for hydroxylation is 1. The van der Waals surface area contributed by atoms with Crippen molar-refractivity contribution in [2.75, 3.05) is 0 Å². The Labute approximate surface area is 129 Å². The lowest BCUT2D eigenvalue weighted by molar-refractivity contribution is -0.288. The number of rotatable bonds is 2. The summed E-state index contributed by atoms with van der Waals surface area (Å²) in [7, 11) is 0. The van der Waals surface area contributed by atoms with E-state index in [0.717, 1.165) is 24.3 Å². The molecule has 0 heterocycles. The molecule has 0 aromatic heterocycles. The standard InChI is InChI=1S/C17H12F6/c1-11-3-7-13(8-4-11)15(16(18,19)20,17(21,22)23)14-9-5-12(2)6-10-14/h3-5,7-9H,1-2H3. The minimum Gasteiger partial charge on any atom is -0.169 e. The molecule has 1 aliphatic carbocycles. The Hall–Kier alpha value is -2.16. The van der Waals surface area contributed by atoms with Gasteiger partial charge in [-0.1, -0.05) is 41.3 Å². The Bertz CT molecular complexity index is 717. The molecule has 2 rings (SSSR count). The third kappa shape index (κ3) is 2.76. The van der Waals surface area contributed by atoms with Crippen LogP contribution in [0.3, 0.4) is 0 Å². The van der Waals surface area contributed by atoms with Crippen LogP contribution < -0.4 is 0 Å². The summed E-state index contributed by atoms with van der Waals surface area (Å²) in [5.74, 6) is 0. The SMILES string of the molecule is CC1=C=C=C(C(c2ccc(C)cc2)(C(F)(F)F)C(F)(F)F)C=C1. The summed E-state index contributed by atoms with van der Waals surface area (Å²) in [6.07, 6.45) is -9.21. The average Bonchev–Trinajstić information content (AvgIpc) is 2.40. The van der Waals surface area contributed by atoms with Gasteiger partial charge in [0.25, 0.3) is 0 Å². The van der Waals surface area contributed by atoms with Crippen molar-refractivity contribution < 1.29 is 26.3 Å². The molecule has 122 valence electrons. The summed E-state index contributed by atoms with van der Waals surface area (Å²) in [4.78, 5) is 0. The zero-order chi connectivity index (χ0) is 17.5. The number of alkyl halides is 6. The van der Waals surface area contributed by atoms with E-state index in [1.165, 1.54) is 19.1 Å². The van der Waals surface area contributed by atoms with Crippen molar-refractivity contribution in [1.29, 1.82) is 0 Å². The number of halogens is 6. The third-order valence-electron chi connectivity index (χ3n) is 3.63. The Kier molecular flexibility index (Phi) is 4.10. The van der Waals surface area contributed by atoms with Crippen molar-refractivity contribution in [3.63, 3.8) is 0 Å². The van der Waals surface area contributed by atoms with Crippen LogP contribution >= 0.6 is 0 Å². The van der Waals surface area contributed by atoms with E-state index in [2.05, 4.69) is 5.73 Å². The van der Waals surface area contributed by atoms with Crippen LogP contribution in [0, 0.1) is 6.92 Å². The molecular formula is C17H12F6. The molecule has 0 radical (unpaired) electrons. The highest BCUT2D eigenvalue weighted by Gasteiger charge is 2.73. The van der Waals surface area contributed by atoms with Gasteiger partial charge in [-0.15, -0.1) is 0 Å². The number of benzene rings is 1. The molecule has 0 saturated heterocycles. The zero-order valence-corrected chi connectivity index (χ0v) is 12.2. The molecule has 0 saturated carbocycles. The van der Waals surface area contributed by atoms with Gasteiger partial charge in [-0.3, -0.25) is 0 Å². The highest BCUT2D eigenvalue weighted by atomic mass is 19.4. The number of hydrogen-bond acceptors (Lipinski definition) is 0. The topological polar surface area (TPSA) is 0 Å². The minimum absolute atomic E-state index is 0.399. The fraction of sp³-hybridized carbons (Fsp3) is 0.294. The highest BCUT2D eigenvalue weighted by Crippen LogP contribution is 2.56. The van der Waals surface area contributed by atoms with Crippen molar-refractivity contribution in [3.05, 3.63) is 70.2 Å². The first kappa shape index (κ1) is 17.2. The van der Waals surface area contributed by atoms with Gasteiger partial charge in [-0.05, 0) is 37.1 Å². The molecule has 1 aromatic carbocycles. The molecule has 0 amide bonds. The van der Waals surface area contributed by atoms with Crippen LogP contribution in [0.1, 0.15) is 18.1 Å². The smallest absolute Gasteiger partial charge is 0.169 e. The second kappa shape index (κ2) is 5.48. The molecule has 0 aliphatic heterocycles. The van der Waals surface area contributed by atoms with Gasteiger partial charge in [-0.2, -0.15) is 26.3 Å². The van der Waals surface area contributed by atoms with Crippen LogP contribution in [-0.2, 0) is 5.41 Å². The number of hydrogen-bond donors (Lipinski definition) is 0. The summed E-state index contributed by atoms with van der Waals surface area (Å²) >= 11 is 0. The minimum atomic E-state index is -5.58. The largest absolute Gasteiger partial charge is 0.411 e. The van der Waals surface area contributed by atoms with Crippen LogP contribution in [0.2, 0.25) is 0 Å². The summed E-state index contributed by atoms with van der Waals surface area (Å²) in [6, 6.07) is 4.15. The van der Waals surface area contributed by atoms with Gasteiger partial charge in [0, 0.05) is 5.57 Å². The van der Waals surface area contributed by atoms with Crippen molar-refractivity contribution in [2.45, 2.75) is 31.6 Å². The predicted molar refractivity (Wildman–Crippen MR) is 73.8 cm³/mol. The maximum atomic E-state index is 13.7. The fourth-order valence-electron chi connectivity index (χ4n) is 2.43. The van der Waals surface area contributed by atoms with Crippen LogP contribution in [0.25, 0.3) is 0 Å². The maximum Gasteiger partial charge on any atom is 0.411 e. The van der Waals surface area contributed by atoms with Gasteiger partial charge in [0.15, 0.2) is 0 Å². The van der Waals surface area contributed by atoms with Gasteiger partial charge < -0.3 is 0 Å². The normalized spacial score (nSPS) is 15.5. The van der Waals surface area contributed by atoms with Gasteiger partial charge >= 0.3 is 12.4 Å². The van der Waals surface area contributed by atoms with Crippen molar-refractivity contribution in [3.8, 4) is 0 Å². The lowest BCUT2D eigenvalue weighted by Gasteiger charge is -2.38. The molecule has 1 aromatic rings. The van der Waals surface area contributed by atoms with E-state index in [4.69, 9.17) is 0 Å². The number of allylic oxidation sites excluding steroid dienone is 4. The summed E-state index contributed by atoms with van der Waals surface area (Å²) in [5.41, 5.74) is -0.750. The van der Waals surface area contributed by atoms with Gasteiger partial charge in [0.2, 0.25) is 5.41 Å². The predicted octanol–water partition coefficient (Wildman–Crippen LogP) is 5.55. The van der Waals surface area contributed by atoms with Gasteiger partial charge in [0.05, 0.1) is 0 Å². The van der Waals surface area contributed by atoms with Crippen LogP contribution in [-0.4, -0.2) is 12.4 Å². The molecule has 0 atom stereocenters. The Morgan fingerprint density at radius 3 is 1.65 bits per heavy atom. The zero-order valence-electron chi connectivity index (χ0n) is 12.2. The average molecular weight is 330 g/mol. The van der Waals surface area contributed by atoms with Crippen LogP contribution in [0.15, 0.2) is 59.0 Å². The first-order valence-electron chi connectivity index (χ1n) is 6.62. The lowest BCUT2D eigenvalue weighted by atomic mass is 9.72. The van der Waals surface area contributed by atoms with E-state index >= 15 is 0 Å². The molecule has 0 bridgehead atoms. The van der Waals surface area contributed by atoms with E-state index in [1.54, 1.807) is 6.92 Å². The molecular weight excluding hydrogens is 318 g/mol. The molecule has 6 heteroatoms. The Morgan fingerprint density at radius 2 is 1.26 bits per heavy atom. The molecule has 0 spiro atoms. The summed E-state index contributed by atoms with van der Waals surface area (Å²) in [5, 5.41) is 0. The molecule has 23 heavy (non-hydrogen) atoms. The van der Waals surface area contributed by atoms with E-state index in [1.807, 2.05) is 5.73 Å². The third-order valence-corrected chi connectivity index (χ3v) is 3.63. The first-order chi connectivity index (χ1) is 10.5. The highest BCUT2D eigenvalue weighted by molar-refractivity contribution is 5.49. The molecule has 0 fully saturated rings. The van der Waals surface area contributed by atoms with E-state index < -0.39 is 28.9 Å². The van der Waals surface area contributed by atoms with Crippen molar-refractivity contribution >= 4 is 0 Å². The molecule has 0 nitrogen and oxygen atoms in total. The molecule has 1 aliphatic rings. The van der Waals surface area contributed by atoms with Crippen LogP contribution in [0.5, 0.6) is 0 Å². The van der Waals surface area contributed by atoms with E-state index in [9.17, 15) is 26.3 Å². The fourth-order valence-corrected chi connectivity index (χ4v) is 2.43. The second-order valence-corrected chi connectivity index (χ2v) is 5.29. The monoisotopic (exact) mass is 330 g/mol. The second-order valence-electron chi connectivity index (χ2n) is 5.29. The van der Waals surface area contributed by atoms with Crippen LogP contribution in [0.4, 0.5) is 26.3 Å². The maximum absolute atomic E-state index is 13.7. The Balaban J connectivity index is 2.92. The van der Waals surface area contributed by atoms with Gasteiger partial charge in [0.1, 0.15) is 0 Å². The van der Waals surface area contributed by atoms with E-state index in [-0.39, 0.29) is 0 Å². The van der Waals surface area contributed by atoms with Crippen molar-refractivity contribution in [1.82, 2.24) is 0 Å². The molecule has 0 unspecified atom stereocenters. The Morgan fingerprint density at radius 1 is 0.739 bits per heavy atom. The summed E-state index contributed by atoms with van der Waals surface area (Å²) in [6.45, 7) is 3.09. The van der Waals surface area contributed by atoms with Crippen molar-refractivity contribution in [2.24, 2.45) is 0 Å².